The number of hydrogen-bond acceptors (Lipinski definition) is 3. The molecule has 0 spiro atoms. The lowest BCUT2D eigenvalue weighted by atomic mass is 9.99. The van der Waals surface area contributed by atoms with E-state index in [-0.39, 0.29) is 16.6 Å². The van der Waals surface area contributed by atoms with Crippen LogP contribution in [0, 0.1) is 11.3 Å². The molecule has 98 valence electrons. The second-order valence-corrected chi connectivity index (χ2v) is 4.59. The summed E-state index contributed by atoms with van der Waals surface area (Å²) in [5, 5.41) is 14.9. The smallest absolute Gasteiger partial charge is 0.274 e. The van der Waals surface area contributed by atoms with E-state index in [1.165, 1.54) is 0 Å². The molecule has 0 fully saturated rings. The third kappa shape index (κ3) is 1.73. The summed E-state index contributed by atoms with van der Waals surface area (Å²) in [6.07, 6.45) is 0. The Kier molecular flexibility index (Phi) is 2.70. The molecule has 0 unspecified atom stereocenters. The van der Waals surface area contributed by atoms with Gasteiger partial charge in [0.1, 0.15) is 17.3 Å². The first-order chi connectivity index (χ1) is 9.61. The molecule has 0 radical (unpaired) electrons. The first-order valence-corrected chi connectivity index (χ1v) is 6.02. The van der Waals surface area contributed by atoms with Gasteiger partial charge in [0.05, 0.1) is 5.39 Å². The van der Waals surface area contributed by atoms with Gasteiger partial charge in [-0.3, -0.25) is 19.8 Å². The van der Waals surface area contributed by atoms with Gasteiger partial charge in [-0.05, 0) is 17.7 Å². The van der Waals surface area contributed by atoms with E-state index in [1.54, 1.807) is 24.3 Å². The van der Waals surface area contributed by atoms with E-state index in [0.717, 1.165) is 0 Å². The van der Waals surface area contributed by atoms with Crippen LogP contribution in [0.3, 0.4) is 0 Å². The summed E-state index contributed by atoms with van der Waals surface area (Å²) in [6.45, 7) is 0. The quantitative estimate of drug-likeness (QED) is 0.634. The number of nitrogens with zero attached hydrogens (tertiary/aromatic N) is 1. The third-order valence-electron chi connectivity index (χ3n) is 2.99. The second-order valence-electron chi connectivity index (χ2n) is 4.15. The van der Waals surface area contributed by atoms with Crippen molar-refractivity contribution in [2.45, 2.75) is 0 Å². The molecule has 1 aromatic carbocycles. The number of hydrogen-bond donors (Lipinski definition) is 3. The van der Waals surface area contributed by atoms with E-state index in [2.05, 4.69) is 15.2 Å². The van der Waals surface area contributed by atoms with Crippen LogP contribution in [0.25, 0.3) is 22.2 Å². The van der Waals surface area contributed by atoms with Gasteiger partial charge in [-0.25, -0.2) is 0 Å². The molecular formula is C13H7ClN4O2. The number of nitrogens with one attached hydrogen (secondary N) is 3. The molecule has 0 aliphatic carbocycles. The van der Waals surface area contributed by atoms with Crippen molar-refractivity contribution in [3.63, 3.8) is 0 Å². The van der Waals surface area contributed by atoms with Crippen molar-refractivity contribution >= 4 is 22.6 Å². The fraction of sp³-hybridized carbons (Fsp3) is 0. The first kappa shape index (κ1) is 12.3. The number of pyridine rings is 1. The molecule has 3 N–H and O–H groups in total. The summed E-state index contributed by atoms with van der Waals surface area (Å²) >= 11 is 5.83. The topological polar surface area (TPSA) is 105 Å². The van der Waals surface area contributed by atoms with E-state index in [1.807, 2.05) is 6.07 Å². The van der Waals surface area contributed by atoms with Crippen LogP contribution in [0.15, 0.2) is 33.9 Å². The number of fused-ring (bicyclic) bond motifs is 1. The number of H-pyrrole nitrogens is 3. The molecule has 7 heteroatoms. The van der Waals surface area contributed by atoms with Gasteiger partial charge in [-0.2, -0.15) is 5.26 Å². The highest BCUT2D eigenvalue weighted by molar-refractivity contribution is 6.30. The highest BCUT2D eigenvalue weighted by Crippen LogP contribution is 2.27. The minimum atomic E-state index is -0.555. The van der Waals surface area contributed by atoms with Crippen LogP contribution in [-0.2, 0) is 0 Å². The lowest BCUT2D eigenvalue weighted by molar-refractivity contribution is 1.06. The summed E-state index contributed by atoms with van der Waals surface area (Å²) in [5.74, 6) is 0. The average Bonchev–Trinajstić information content (AvgIpc) is 2.79. The summed E-state index contributed by atoms with van der Waals surface area (Å²) in [6, 6.07) is 8.42. The minimum absolute atomic E-state index is 0.107. The van der Waals surface area contributed by atoms with E-state index < -0.39 is 11.1 Å². The number of aromatic amines is 3. The summed E-state index contributed by atoms with van der Waals surface area (Å²) in [7, 11) is 0. The van der Waals surface area contributed by atoms with E-state index in [0.29, 0.717) is 16.1 Å². The molecule has 0 bridgehead atoms. The standard InChI is InChI=1S/C13H7ClN4O2/c14-7-3-1-6(2-4-7)9-8(5-15)12(19)16-11-10(9)13(20)18-17-11/h1-4H,(H3,16,17,18,19,20). The maximum atomic E-state index is 11.9. The minimum Gasteiger partial charge on any atom is -0.306 e. The van der Waals surface area contributed by atoms with Crippen LogP contribution in [0.4, 0.5) is 0 Å². The Hall–Kier alpha value is -2.78. The van der Waals surface area contributed by atoms with Crippen molar-refractivity contribution in [2.24, 2.45) is 0 Å². The lowest BCUT2D eigenvalue weighted by Gasteiger charge is -2.05. The molecule has 0 amide bonds. The molecule has 0 aliphatic rings. The van der Waals surface area contributed by atoms with Crippen LogP contribution >= 0.6 is 11.6 Å². The zero-order chi connectivity index (χ0) is 14.3. The zero-order valence-corrected chi connectivity index (χ0v) is 10.7. The molecule has 0 saturated carbocycles. The molecule has 2 aromatic heterocycles. The molecule has 20 heavy (non-hydrogen) atoms. The molecule has 2 heterocycles. The first-order valence-electron chi connectivity index (χ1n) is 5.64. The van der Waals surface area contributed by atoms with Crippen LogP contribution in [-0.4, -0.2) is 15.2 Å². The Morgan fingerprint density at radius 1 is 1.05 bits per heavy atom. The van der Waals surface area contributed by atoms with Gasteiger partial charge in [0, 0.05) is 10.6 Å². The molecule has 0 aliphatic heterocycles. The zero-order valence-electron chi connectivity index (χ0n) is 9.95. The van der Waals surface area contributed by atoms with E-state index in [9.17, 15) is 14.9 Å². The largest absolute Gasteiger partial charge is 0.306 e. The predicted molar refractivity (Wildman–Crippen MR) is 74.7 cm³/mol. The summed E-state index contributed by atoms with van der Waals surface area (Å²) in [5.41, 5.74) is 0.0596. The fourth-order valence-corrected chi connectivity index (χ4v) is 2.24. The van der Waals surface area contributed by atoms with Crippen LogP contribution in [0.2, 0.25) is 5.02 Å². The maximum absolute atomic E-state index is 11.9. The SMILES string of the molecule is N#Cc1c(-c2ccc(Cl)cc2)c2c(=O)[nH][nH]c2[nH]c1=O. The van der Waals surface area contributed by atoms with Crippen molar-refractivity contribution in [1.82, 2.24) is 15.2 Å². The molecule has 6 nitrogen and oxygen atoms in total. The highest BCUT2D eigenvalue weighted by Gasteiger charge is 2.17. The molecular weight excluding hydrogens is 280 g/mol. The number of nitriles is 1. The van der Waals surface area contributed by atoms with Gasteiger partial charge in [-0.15, -0.1) is 0 Å². The fourth-order valence-electron chi connectivity index (χ4n) is 2.12. The highest BCUT2D eigenvalue weighted by atomic mass is 35.5. The monoisotopic (exact) mass is 286 g/mol. The van der Waals surface area contributed by atoms with Gasteiger partial charge < -0.3 is 4.98 Å². The van der Waals surface area contributed by atoms with Crippen LogP contribution in [0.5, 0.6) is 0 Å². The summed E-state index contributed by atoms with van der Waals surface area (Å²) in [4.78, 5) is 26.2. The summed E-state index contributed by atoms with van der Waals surface area (Å²) < 4.78 is 0. The molecule has 0 atom stereocenters. The number of aromatic nitrogens is 3. The van der Waals surface area contributed by atoms with Gasteiger partial charge in [-0.1, -0.05) is 23.7 Å². The van der Waals surface area contributed by atoms with Gasteiger partial charge >= 0.3 is 0 Å². The Balaban J connectivity index is 2.52. The second kappa shape index (κ2) is 4.40. The Bertz CT molecular complexity index is 957. The van der Waals surface area contributed by atoms with Crippen LogP contribution in [0.1, 0.15) is 5.56 Å². The Morgan fingerprint density at radius 3 is 2.40 bits per heavy atom. The predicted octanol–water partition coefficient (Wildman–Crippen LogP) is 1.74. The molecule has 0 saturated heterocycles. The Morgan fingerprint density at radius 2 is 1.75 bits per heavy atom. The van der Waals surface area contributed by atoms with Gasteiger partial charge in [0.25, 0.3) is 11.1 Å². The van der Waals surface area contributed by atoms with E-state index in [4.69, 9.17) is 11.6 Å². The normalized spacial score (nSPS) is 10.6. The Labute approximate surface area is 116 Å². The van der Waals surface area contributed by atoms with E-state index >= 15 is 0 Å². The number of halogens is 1. The van der Waals surface area contributed by atoms with Crippen molar-refractivity contribution in [1.29, 1.82) is 5.26 Å². The lowest BCUT2D eigenvalue weighted by Crippen LogP contribution is -2.13. The van der Waals surface area contributed by atoms with Crippen molar-refractivity contribution < 1.29 is 0 Å². The third-order valence-corrected chi connectivity index (χ3v) is 3.24. The average molecular weight is 287 g/mol. The maximum Gasteiger partial charge on any atom is 0.274 e. The number of rotatable bonds is 1. The van der Waals surface area contributed by atoms with Crippen LogP contribution < -0.4 is 11.1 Å². The number of benzene rings is 1. The molecule has 3 aromatic rings. The van der Waals surface area contributed by atoms with Gasteiger partial charge in [0.15, 0.2) is 0 Å². The van der Waals surface area contributed by atoms with Crippen molar-refractivity contribution in [3.8, 4) is 17.2 Å². The van der Waals surface area contributed by atoms with Gasteiger partial charge in [0.2, 0.25) is 0 Å². The van der Waals surface area contributed by atoms with Crippen molar-refractivity contribution in [2.75, 3.05) is 0 Å². The molecule has 3 rings (SSSR count). The van der Waals surface area contributed by atoms with Crippen molar-refractivity contribution in [3.05, 3.63) is 55.6 Å².